The quantitative estimate of drug-likeness (QED) is 0.884. The van der Waals surface area contributed by atoms with E-state index < -0.39 is 5.92 Å². The molecule has 1 aromatic heterocycles. The number of carbonyl (C=O) groups is 2. The van der Waals surface area contributed by atoms with Crippen LogP contribution in [0.15, 0.2) is 24.3 Å². The Balaban J connectivity index is 1.75. The fourth-order valence-electron chi connectivity index (χ4n) is 2.57. The lowest BCUT2D eigenvalue weighted by Gasteiger charge is -2.24. The van der Waals surface area contributed by atoms with Gasteiger partial charge in [-0.05, 0) is 25.5 Å². The number of thiazole rings is 1. The zero-order valence-corrected chi connectivity index (χ0v) is 13.2. The summed E-state index contributed by atoms with van der Waals surface area (Å²) in [7, 11) is 0. The minimum Gasteiger partial charge on any atom is -0.459 e. The van der Waals surface area contributed by atoms with Gasteiger partial charge in [0.05, 0.1) is 21.5 Å². The van der Waals surface area contributed by atoms with Crippen LogP contribution >= 0.6 is 11.3 Å². The van der Waals surface area contributed by atoms with E-state index in [1.165, 1.54) is 11.3 Å². The highest BCUT2D eigenvalue weighted by molar-refractivity contribution is 7.11. The molecular formula is C16H16N2O3S. The van der Waals surface area contributed by atoms with Crippen molar-refractivity contribution < 1.29 is 14.3 Å². The number of hydrogen-bond donors (Lipinski definition) is 1. The second kappa shape index (κ2) is 5.88. The van der Waals surface area contributed by atoms with Gasteiger partial charge >= 0.3 is 5.97 Å². The molecule has 1 aliphatic rings. The molecule has 0 saturated heterocycles. The SMILES string of the molecule is Cc1nc(C)c(COC(=O)[C@H]2CC(=O)Nc3ccccc32)s1. The van der Waals surface area contributed by atoms with E-state index >= 15 is 0 Å². The van der Waals surface area contributed by atoms with Crippen LogP contribution in [0.25, 0.3) is 0 Å². The molecule has 1 atom stereocenters. The number of aromatic nitrogens is 1. The molecule has 1 aliphatic heterocycles. The number of nitrogens with zero attached hydrogens (tertiary/aromatic N) is 1. The van der Waals surface area contributed by atoms with Gasteiger partial charge in [0.15, 0.2) is 0 Å². The number of nitrogens with one attached hydrogen (secondary N) is 1. The summed E-state index contributed by atoms with van der Waals surface area (Å²) in [5.74, 6) is -1.07. The molecule has 3 rings (SSSR count). The summed E-state index contributed by atoms with van der Waals surface area (Å²) in [5, 5.41) is 3.73. The van der Waals surface area contributed by atoms with Crippen LogP contribution in [-0.4, -0.2) is 16.9 Å². The monoisotopic (exact) mass is 316 g/mol. The molecule has 2 aromatic rings. The molecule has 1 N–H and O–H groups in total. The van der Waals surface area contributed by atoms with Crippen molar-refractivity contribution in [2.24, 2.45) is 0 Å². The van der Waals surface area contributed by atoms with E-state index in [4.69, 9.17) is 4.74 Å². The van der Waals surface area contributed by atoms with Crippen LogP contribution in [-0.2, 0) is 20.9 Å². The molecule has 2 heterocycles. The second-order valence-electron chi connectivity index (χ2n) is 5.24. The van der Waals surface area contributed by atoms with Gasteiger partial charge in [-0.2, -0.15) is 0 Å². The number of fused-ring (bicyclic) bond motifs is 1. The number of benzene rings is 1. The first-order valence-corrected chi connectivity index (χ1v) is 7.84. The Bertz CT molecular complexity index is 739. The van der Waals surface area contributed by atoms with E-state index in [1.54, 1.807) is 6.07 Å². The molecule has 0 spiro atoms. The zero-order valence-electron chi connectivity index (χ0n) is 12.4. The van der Waals surface area contributed by atoms with E-state index in [9.17, 15) is 9.59 Å². The van der Waals surface area contributed by atoms with Crippen molar-refractivity contribution in [2.75, 3.05) is 5.32 Å². The van der Waals surface area contributed by atoms with Crippen LogP contribution in [0.3, 0.4) is 0 Å². The summed E-state index contributed by atoms with van der Waals surface area (Å²) >= 11 is 1.52. The molecule has 0 fully saturated rings. The molecule has 1 amide bonds. The van der Waals surface area contributed by atoms with Gasteiger partial charge in [0, 0.05) is 12.1 Å². The van der Waals surface area contributed by atoms with Gasteiger partial charge in [0.1, 0.15) is 6.61 Å². The summed E-state index contributed by atoms with van der Waals surface area (Å²) in [6, 6.07) is 7.33. The number of para-hydroxylation sites is 1. The molecule has 0 saturated carbocycles. The number of rotatable bonds is 3. The van der Waals surface area contributed by atoms with Crippen molar-refractivity contribution in [3.63, 3.8) is 0 Å². The predicted octanol–water partition coefficient (Wildman–Crippen LogP) is 2.93. The van der Waals surface area contributed by atoms with E-state index in [0.717, 1.165) is 21.1 Å². The minimum absolute atomic E-state index is 0.122. The Morgan fingerprint density at radius 2 is 2.18 bits per heavy atom. The third-order valence-electron chi connectivity index (χ3n) is 3.63. The van der Waals surface area contributed by atoms with Crippen LogP contribution in [0, 0.1) is 13.8 Å². The number of esters is 1. The standard InChI is InChI=1S/C16H16N2O3S/c1-9-14(22-10(2)17-9)8-21-16(20)12-7-15(19)18-13-6-4-3-5-11(12)13/h3-6,12H,7-8H2,1-2H3,(H,18,19)/t12-/m0/s1. The second-order valence-corrected chi connectivity index (χ2v) is 6.53. The van der Waals surface area contributed by atoms with Crippen molar-refractivity contribution in [3.05, 3.63) is 45.4 Å². The van der Waals surface area contributed by atoms with Crippen molar-refractivity contribution in [3.8, 4) is 0 Å². The summed E-state index contributed by atoms with van der Waals surface area (Å²) < 4.78 is 5.42. The Morgan fingerprint density at radius 3 is 2.91 bits per heavy atom. The van der Waals surface area contributed by atoms with Gasteiger partial charge in [-0.3, -0.25) is 9.59 Å². The molecule has 6 heteroatoms. The van der Waals surface area contributed by atoms with Crippen molar-refractivity contribution in [1.29, 1.82) is 0 Å². The maximum absolute atomic E-state index is 12.4. The normalized spacial score (nSPS) is 16.8. The molecule has 114 valence electrons. The smallest absolute Gasteiger partial charge is 0.314 e. The van der Waals surface area contributed by atoms with Gasteiger partial charge < -0.3 is 10.1 Å². The Hall–Kier alpha value is -2.21. The fraction of sp³-hybridized carbons (Fsp3) is 0.312. The first-order chi connectivity index (χ1) is 10.5. The lowest BCUT2D eigenvalue weighted by atomic mass is 9.91. The number of amides is 1. The molecule has 1 aromatic carbocycles. The number of ether oxygens (including phenoxy) is 1. The summed E-state index contributed by atoms with van der Waals surface area (Å²) in [6.07, 6.45) is 0.122. The number of anilines is 1. The topological polar surface area (TPSA) is 68.3 Å². The summed E-state index contributed by atoms with van der Waals surface area (Å²) in [6.45, 7) is 4.02. The highest BCUT2D eigenvalue weighted by Crippen LogP contribution is 2.33. The average molecular weight is 316 g/mol. The number of hydrogen-bond acceptors (Lipinski definition) is 5. The molecule has 22 heavy (non-hydrogen) atoms. The van der Waals surface area contributed by atoms with Gasteiger partial charge in [-0.1, -0.05) is 18.2 Å². The zero-order chi connectivity index (χ0) is 15.7. The average Bonchev–Trinajstić information content (AvgIpc) is 2.81. The molecule has 0 bridgehead atoms. The lowest BCUT2D eigenvalue weighted by Crippen LogP contribution is -2.28. The van der Waals surface area contributed by atoms with E-state index in [0.29, 0.717) is 5.69 Å². The van der Waals surface area contributed by atoms with E-state index in [2.05, 4.69) is 10.3 Å². The third kappa shape index (κ3) is 2.87. The Morgan fingerprint density at radius 1 is 1.41 bits per heavy atom. The lowest BCUT2D eigenvalue weighted by molar-refractivity contribution is -0.148. The van der Waals surface area contributed by atoms with Crippen LogP contribution in [0.5, 0.6) is 0 Å². The first kappa shape index (κ1) is 14.7. The summed E-state index contributed by atoms with van der Waals surface area (Å²) in [4.78, 5) is 29.4. The van der Waals surface area contributed by atoms with Crippen LogP contribution in [0.2, 0.25) is 0 Å². The van der Waals surface area contributed by atoms with Crippen LogP contribution in [0.1, 0.15) is 33.5 Å². The van der Waals surface area contributed by atoms with Crippen LogP contribution < -0.4 is 5.32 Å². The third-order valence-corrected chi connectivity index (χ3v) is 4.68. The van der Waals surface area contributed by atoms with Gasteiger partial charge in [-0.15, -0.1) is 11.3 Å². The molecule has 0 radical (unpaired) electrons. The largest absolute Gasteiger partial charge is 0.459 e. The predicted molar refractivity (Wildman–Crippen MR) is 83.8 cm³/mol. The molecule has 5 nitrogen and oxygen atoms in total. The number of carbonyl (C=O) groups excluding carboxylic acids is 2. The highest BCUT2D eigenvalue weighted by Gasteiger charge is 2.31. The molecule has 0 aliphatic carbocycles. The highest BCUT2D eigenvalue weighted by atomic mass is 32.1. The van der Waals surface area contributed by atoms with Gasteiger partial charge in [-0.25, -0.2) is 4.98 Å². The van der Waals surface area contributed by atoms with Crippen molar-refractivity contribution >= 4 is 28.9 Å². The minimum atomic E-state index is -0.542. The number of aryl methyl sites for hydroxylation is 2. The van der Waals surface area contributed by atoms with Crippen molar-refractivity contribution in [1.82, 2.24) is 4.98 Å². The van der Waals surface area contributed by atoms with E-state index in [-0.39, 0.29) is 24.9 Å². The first-order valence-electron chi connectivity index (χ1n) is 7.03. The van der Waals surface area contributed by atoms with Gasteiger partial charge in [0.2, 0.25) is 5.91 Å². The van der Waals surface area contributed by atoms with Gasteiger partial charge in [0.25, 0.3) is 0 Å². The molecule has 0 unspecified atom stereocenters. The molecular weight excluding hydrogens is 300 g/mol. The maximum Gasteiger partial charge on any atom is 0.314 e. The Kier molecular flexibility index (Phi) is 3.94. The Labute approximate surface area is 132 Å². The fourth-order valence-corrected chi connectivity index (χ4v) is 3.42. The van der Waals surface area contributed by atoms with Crippen LogP contribution in [0.4, 0.5) is 5.69 Å². The van der Waals surface area contributed by atoms with Crippen molar-refractivity contribution in [2.45, 2.75) is 32.8 Å². The summed E-state index contributed by atoms with van der Waals surface area (Å²) in [5.41, 5.74) is 2.38. The maximum atomic E-state index is 12.4. The van der Waals surface area contributed by atoms with E-state index in [1.807, 2.05) is 32.0 Å².